The van der Waals surface area contributed by atoms with Crippen molar-refractivity contribution >= 4 is 11.7 Å². The van der Waals surface area contributed by atoms with Gasteiger partial charge in [-0.3, -0.25) is 4.79 Å². The zero-order valence-electron chi connectivity index (χ0n) is 16.8. The molecule has 2 fully saturated rings. The summed E-state index contributed by atoms with van der Waals surface area (Å²) in [7, 11) is 4.12. The molecule has 2 aliphatic heterocycles. The Morgan fingerprint density at radius 3 is 2.70 bits per heavy atom. The van der Waals surface area contributed by atoms with Gasteiger partial charge >= 0.3 is 0 Å². The maximum Gasteiger partial charge on any atom is 0.223 e. The second-order valence-electron chi connectivity index (χ2n) is 8.63. The molecular weight excluding hydrogens is 338 g/mol. The molecule has 1 aromatic heterocycles. The molecule has 1 N–H and O–H groups in total. The fourth-order valence-electron chi connectivity index (χ4n) is 5.02. The molecule has 3 aliphatic rings. The highest BCUT2D eigenvalue weighted by molar-refractivity contribution is 5.77. The first-order chi connectivity index (χ1) is 13.1. The van der Waals surface area contributed by atoms with Crippen molar-refractivity contribution in [2.75, 3.05) is 39.0 Å². The van der Waals surface area contributed by atoms with Crippen LogP contribution in [-0.4, -0.2) is 59.4 Å². The largest absolute Gasteiger partial charge is 0.373 e. The summed E-state index contributed by atoms with van der Waals surface area (Å²) in [6, 6.07) is 0. The summed E-state index contributed by atoms with van der Waals surface area (Å²) in [6.07, 6.45) is 8.95. The van der Waals surface area contributed by atoms with Crippen LogP contribution in [0, 0.1) is 5.92 Å². The summed E-state index contributed by atoms with van der Waals surface area (Å²) in [5, 5.41) is 3.28. The number of carbonyl (C=O) groups is 1. The Labute approximate surface area is 162 Å². The van der Waals surface area contributed by atoms with Gasteiger partial charge in [0.2, 0.25) is 5.91 Å². The summed E-state index contributed by atoms with van der Waals surface area (Å²) in [6.45, 7) is 3.62. The van der Waals surface area contributed by atoms with Gasteiger partial charge in [0.1, 0.15) is 11.6 Å². The third-order valence-corrected chi connectivity index (χ3v) is 6.60. The zero-order valence-corrected chi connectivity index (χ0v) is 16.8. The van der Waals surface area contributed by atoms with Crippen LogP contribution >= 0.6 is 0 Å². The zero-order chi connectivity index (χ0) is 18.8. The first-order valence-corrected chi connectivity index (χ1v) is 10.7. The fraction of sp³-hybridized carbons (Fsp3) is 0.762. The van der Waals surface area contributed by atoms with Crippen LogP contribution in [0.1, 0.15) is 67.9 Å². The van der Waals surface area contributed by atoms with Gasteiger partial charge in [-0.05, 0) is 51.6 Å². The van der Waals surface area contributed by atoms with Gasteiger partial charge in [0.25, 0.3) is 0 Å². The number of carbonyl (C=O) groups excluding carboxylic acids is 1. The highest BCUT2D eigenvalue weighted by atomic mass is 16.2. The average molecular weight is 372 g/mol. The van der Waals surface area contributed by atoms with Crippen LogP contribution in [0.4, 0.5) is 5.82 Å². The number of hydrogen-bond acceptors (Lipinski definition) is 5. The van der Waals surface area contributed by atoms with Crippen molar-refractivity contribution in [2.24, 2.45) is 5.92 Å². The third-order valence-electron chi connectivity index (χ3n) is 6.60. The number of anilines is 1. The Bertz CT molecular complexity index is 685. The third kappa shape index (κ3) is 4.10. The van der Waals surface area contributed by atoms with Crippen LogP contribution in [0.2, 0.25) is 0 Å². The van der Waals surface area contributed by atoms with E-state index < -0.39 is 0 Å². The van der Waals surface area contributed by atoms with E-state index in [0.29, 0.717) is 24.3 Å². The van der Waals surface area contributed by atoms with Crippen molar-refractivity contribution in [3.63, 3.8) is 0 Å². The normalized spacial score (nSPS) is 24.1. The smallest absolute Gasteiger partial charge is 0.223 e. The van der Waals surface area contributed by atoms with Crippen molar-refractivity contribution < 1.29 is 4.79 Å². The lowest BCUT2D eigenvalue weighted by atomic mass is 9.96. The Morgan fingerprint density at radius 2 is 1.96 bits per heavy atom. The molecule has 6 heteroatoms. The van der Waals surface area contributed by atoms with Gasteiger partial charge in [0, 0.05) is 38.0 Å². The molecule has 6 nitrogen and oxygen atoms in total. The highest BCUT2D eigenvalue weighted by Gasteiger charge is 2.29. The van der Waals surface area contributed by atoms with Crippen molar-refractivity contribution in [1.29, 1.82) is 0 Å². The van der Waals surface area contributed by atoms with Gasteiger partial charge in [-0.15, -0.1) is 0 Å². The number of hydrogen-bond donors (Lipinski definition) is 1. The molecule has 1 atom stereocenters. The summed E-state index contributed by atoms with van der Waals surface area (Å²) in [4.78, 5) is 27.0. The summed E-state index contributed by atoms with van der Waals surface area (Å²) < 4.78 is 0. The van der Waals surface area contributed by atoms with Crippen molar-refractivity contribution in [3.05, 3.63) is 17.1 Å². The number of piperidine rings is 1. The number of amides is 1. The quantitative estimate of drug-likeness (QED) is 0.882. The van der Waals surface area contributed by atoms with Crippen LogP contribution in [0.3, 0.4) is 0 Å². The standard InChI is InChI=1S/C21H33N5O/c1-22-21-17-9-11-26(19(27)12-15-6-3-4-7-15)14-18(17)23-20(24-21)16-8-5-10-25(2)13-16/h15-16H,3-14H2,1-2H3,(H,22,23,24)/t16-/m0/s1. The lowest BCUT2D eigenvalue weighted by Gasteiger charge is -2.32. The molecule has 1 aromatic rings. The van der Waals surface area contributed by atoms with E-state index in [1.165, 1.54) is 37.7 Å². The van der Waals surface area contributed by atoms with Crippen LogP contribution in [0.5, 0.6) is 0 Å². The van der Waals surface area contributed by atoms with E-state index in [0.717, 1.165) is 56.2 Å². The van der Waals surface area contributed by atoms with E-state index in [1.807, 2.05) is 11.9 Å². The number of aromatic nitrogens is 2. The molecule has 1 saturated heterocycles. The minimum Gasteiger partial charge on any atom is -0.373 e. The fourth-order valence-corrected chi connectivity index (χ4v) is 5.02. The van der Waals surface area contributed by atoms with Crippen molar-refractivity contribution in [2.45, 2.75) is 63.8 Å². The Hall–Kier alpha value is -1.69. The van der Waals surface area contributed by atoms with Crippen LogP contribution < -0.4 is 5.32 Å². The van der Waals surface area contributed by atoms with Gasteiger partial charge in [-0.2, -0.15) is 0 Å². The van der Waals surface area contributed by atoms with Gasteiger partial charge in [0.05, 0.1) is 12.2 Å². The minimum absolute atomic E-state index is 0.316. The van der Waals surface area contributed by atoms with E-state index in [-0.39, 0.29) is 0 Å². The van der Waals surface area contributed by atoms with Crippen LogP contribution in [0.25, 0.3) is 0 Å². The number of rotatable bonds is 4. The monoisotopic (exact) mass is 371 g/mol. The lowest BCUT2D eigenvalue weighted by molar-refractivity contribution is -0.133. The minimum atomic E-state index is 0.316. The molecule has 3 heterocycles. The predicted octanol–water partition coefficient (Wildman–Crippen LogP) is 2.79. The average Bonchev–Trinajstić information content (AvgIpc) is 3.19. The van der Waals surface area contributed by atoms with Gasteiger partial charge in [-0.1, -0.05) is 12.8 Å². The molecule has 27 heavy (non-hydrogen) atoms. The molecular formula is C21H33N5O. The molecule has 0 radical (unpaired) electrons. The van der Waals surface area contributed by atoms with Crippen molar-refractivity contribution in [3.8, 4) is 0 Å². The first kappa shape index (κ1) is 18.7. The Kier molecular flexibility index (Phi) is 5.62. The molecule has 0 spiro atoms. The van der Waals surface area contributed by atoms with E-state index in [2.05, 4.69) is 17.3 Å². The molecule has 1 saturated carbocycles. The highest BCUT2D eigenvalue weighted by Crippen LogP contribution is 2.31. The Morgan fingerprint density at radius 1 is 1.15 bits per heavy atom. The summed E-state index contributed by atoms with van der Waals surface area (Å²) >= 11 is 0. The van der Waals surface area contributed by atoms with Gasteiger partial charge in [-0.25, -0.2) is 9.97 Å². The molecule has 0 unspecified atom stereocenters. The molecule has 0 aromatic carbocycles. The van der Waals surface area contributed by atoms with Crippen molar-refractivity contribution in [1.82, 2.24) is 19.8 Å². The molecule has 4 rings (SSSR count). The Balaban J connectivity index is 1.52. The number of nitrogens with zero attached hydrogens (tertiary/aromatic N) is 4. The molecule has 1 aliphatic carbocycles. The summed E-state index contributed by atoms with van der Waals surface area (Å²) in [5.74, 6) is 3.23. The van der Waals surface area contributed by atoms with Gasteiger partial charge in [0.15, 0.2) is 0 Å². The van der Waals surface area contributed by atoms with E-state index >= 15 is 0 Å². The molecule has 0 bridgehead atoms. The first-order valence-electron chi connectivity index (χ1n) is 10.7. The number of likely N-dealkylation sites (tertiary alicyclic amines) is 1. The maximum atomic E-state index is 12.8. The maximum absolute atomic E-state index is 12.8. The molecule has 1 amide bonds. The number of nitrogens with one attached hydrogen (secondary N) is 1. The predicted molar refractivity (Wildman–Crippen MR) is 107 cm³/mol. The molecule has 148 valence electrons. The lowest BCUT2D eigenvalue weighted by Crippen LogP contribution is -2.38. The number of likely N-dealkylation sites (N-methyl/N-ethyl adjacent to an activating group) is 1. The topological polar surface area (TPSA) is 61.4 Å². The number of fused-ring (bicyclic) bond motifs is 1. The SMILES string of the molecule is CNc1nc([C@H]2CCCN(C)C2)nc2c1CCN(C(=O)CC1CCCC1)C2. The van der Waals surface area contributed by atoms with Crippen LogP contribution in [-0.2, 0) is 17.8 Å². The summed E-state index contributed by atoms with van der Waals surface area (Å²) in [5.41, 5.74) is 2.26. The second-order valence-corrected chi connectivity index (χ2v) is 8.63. The van der Waals surface area contributed by atoms with E-state index in [9.17, 15) is 4.79 Å². The second kappa shape index (κ2) is 8.13. The van der Waals surface area contributed by atoms with Crippen LogP contribution in [0.15, 0.2) is 0 Å². The van der Waals surface area contributed by atoms with E-state index in [1.54, 1.807) is 0 Å². The van der Waals surface area contributed by atoms with E-state index in [4.69, 9.17) is 9.97 Å². The van der Waals surface area contributed by atoms with Gasteiger partial charge < -0.3 is 15.1 Å².